The van der Waals surface area contributed by atoms with Gasteiger partial charge in [-0.05, 0) is 128 Å². The van der Waals surface area contributed by atoms with Crippen LogP contribution in [-0.4, -0.2) is 71.0 Å². The Morgan fingerprint density at radius 3 is 1.76 bits per heavy atom. The van der Waals surface area contributed by atoms with Crippen LogP contribution in [0.3, 0.4) is 0 Å². The zero-order chi connectivity index (χ0) is 80.6. The number of aliphatic hydroxyl groups is 1. The number of carboxylic acids is 1. The Bertz CT molecular complexity index is 5490. The van der Waals surface area contributed by atoms with E-state index in [1.165, 1.54) is 65.8 Å². The van der Waals surface area contributed by atoms with E-state index in [9.17, 15) is 22.8 Å². The number of benzene rings is 8. The molecule has 4 radical (unpaired) electrons. The zero-order valence-electron chi connectivity index (χ0n) is 65.7. The summed E-state index contributed by atoms with van der Waals surface area (Å²) in [6.07, 6.45) is 18.1. The summed E-state index contributed by atoms with van der Waals surface area (Å²) in [5.74, 6) is -2.60. The van der Waals surface area contributed by atoms with E-state index in [0.29, 0.717) is 11.3 Å². The van der Waals surface area contributed by atoms with E-state index >= 15 is 0 Å². The van der Waals surface area contributed by atoms with E-state index in [-0.39, 0.29) is 174 Å². The molecule has 0 aliphatic carbocycles. The van der Waals surface area contributed by atoms with E-state index in [4.69, 9.17) is 17.1 Å². The van der Waals surface area contributed by atoms with E-state index < -0.39 is 23.6 Å². The molecular formula is C91H80F3Ir5N11O4S-5. The third kappa shape index (κ3) is 32.8. The summed E-state index contributed by atoms with van der Waals surface area (Å²) in [5.41, 5.74) is 9.12. The first-order valence-electron chi connectivity index (χ1n) is 35.6. The van der Waals surface area contributed by atoms with Gasteiger partial charge < -0.3 is 55.0 Å². The van der Waals surface area contributed by atoms with Crippen LogP contribution in [0.1, 0.15) is 51.6 Å². The number of pyridine rings is 5. The number of para-hydroxylation sites is 3. The summed E-state index contributed by atoms with van der Waals surface area (Å²) in [5, 5.41) is 26.9. The molecule has 24 heteroatoms. The minimum atomic E-state index is -0.990. The number of aromatic carboxylic acids is 1. The number of fused-ring (bicyclic) bond motifs is 3. The Morgan fingerprint density at radius 2 is 1.23 bits per heavy atom. The number of rotatable bonds is 8. The smallest absolute Gasteiger partial charge is 0.582 e. The minimum Gasteiger partial charge on any atom is -0.582 e. The summed E-state index contributed by atoms with van der Waals surface area (Å²) >= 11 is 1.73. The van der Waals surface area contributed by atoms with Gasteiger partial charge in [-0.25, -0.2) is 21.1 Å². The van der Waals surface area contributed by atoms with Crippen LogP contribution in [0.25, 0.3) is 65.1 Å². The molecule has 0 fully saturated rings. The van der Waals surface area contributed by atoms with Crippen LogP contribution in [0.5, 0.6) is 0 Å². The molecule has 17 rings (SSSR count). The number of hydrogen-bond donors (Lipinski definition) is 2. The zero-order valence-corrected chi connectivity index (χ0v) is 73.5. The predicted octanol–water partition coefficient (Wildman–Crippen LogP) is 21.6. The second kappa shape index (κ2) is 54.4. The first kappa shape index (κ1) is 91.8. The van der Waals surface area contributed by atoms with Gasteiger partial charge in [0.05, 0.1) is 12.6 Å². The van der Waals surface area contributed by atoms with E-state index in [1.807, 2.05) is 152 Å². The monoisotopic (exact) mass is 2450 g/mol. The maximum absolute atomic E-state index is 13.2. The first-order valence-corrected chi connectivity index (χ1v) is 33.9. The van der Waals surface area contributed by atoms with Gasteiger partial charge in [0, 0.05) is 170 Å². The van der Waals surface area contributed by atoms with Crippen LogP contribution >= 0.6 is 11.3 Å². The molecule has 2 N–H and O–H groups in total. The number of aromatic nitrogens is 7. The molecule has 0 bridgehead atoms. The average molecular weight is 2450 g/mol. The number of carbonyl (C=O) groups is 2. The molecule has 0 amide bonds. The van der Waals surface area contributed by atoms with Gasteiger partial charge in [-0.15, -0.1) is 94.4 Å². The number of allylic oxidation sites excluding steroid dienone is 2. The van der Waals surface area contributed by atoms with E-state index in [0.717, 1.165) is 61.7 Å². The maximum Gasteiger partial charge on any atom is 3.00 e. The molecule has 2 aliphatic rings. The van der Waals surface area contributed by atoms with Crippen LogP contribution in [0.2, 0.25) is 0 Å². The molecular weight excluding hydrogens is 2360 g/mol. The van der Waals surface area contributed by atoms with Gasteiger partial charge in [0.2, 0.25) is 0 Å². The molecule has 0 unspecified atom stereocenters. The summed E-state index contributed by atoms with van der Waals surface area (Å²) in [7, 11) is 3.99. The van der Waals surface area contributed by atoms with Crippen molar-refractivity contribution in [1.82, 2.24) is 40.0 Å². The van der Waals surface area contributed by atoms with Crippen molar-refractivity contribution in [3.05, 3.63) is 401 Å². The number of aryl methyl sites for hydroxylation is 1. The number of carbonyl (C=O) groups excluding carboxylic acids is 1. The summed E-state index contributed by atoms with van der Waals surface area (Å²) in [6.45, 7) is 8.67. The Balaban J connectivity index is 0.000000474. The summed E-state index contributed by atoms with van der Waals surface area (Å²) in [6, 6.07) is 81.7. The van der Waals surface area contributed by atoms with Gasteiger partial charge in [-0.3, -0.25) is 22.9 Å². The third-order valence-corrected chi connectivity index (χ3v) is 15.8. The van der Waals surface area contributed by atoms with Gasteiger partial charge in [-0.2, -0.15) is 55.9 Å². The second-order valence-corrected chi connectivity index (χ2v) is 23.8. The van der Waals surface area contributed by atoms with Crippen LogP contribution in [0, 0.1) is 68.0 Å². The largest absolute Gasteiger partial charge is 3.00 e. The van der Waals surface area contributed by atoms with Crippen molar-refractivity contribution in [2.24, 2.45) is 0 Å². The molecule has 8 aromatic carbocycles. The Hall–Kier alpha value is -10.4. The van der Waals surface area contributed by atoms with Gasteiger partial charge in [0.25, 0.3) is 0 Å². The SMILES string of the molecule is C.C.CC(=O)C=C(C)O.CN1C=CN(c2[c-]cc(F)cc2)[CH-]1.CN1[CH-]N(c2[c-]cccc2)c2ccccc21.Fc1c[c-]c(-c2ccccn2)c(F)c1.O=C(O)c1ccccn1.[2H]c1c([2H])c([2H])c(-c2cnc(-c3[c-]ccc4ccccc34)cc2C)c([2H])c1[2H].[Ir+3].[Ir].[Ir].[Ir].[Ir].[c-]1c(-c2ccccn2)sc2ccccc12.c1ccncc1.c1cn[n-]c1. The molecule has 15 aromatic rings. The van der Waals surface area contributed by atoms with Crippen LogP contribution < -0.4 is 19.8 Å². The van der Waals surface area contributed by atoms with Crippen molar-refractivity contribution >= 4 is 66.7 Å². The standard InChI is InChI=1S/C22H16N.C14H12N2.C13H8NS.C11H6F2N.C10H9FN2.C6H5NO2.C5H5N.C5H8O2.C3H3N2.2CH4.5Ir/c1-16-14-22(23-15-21(16)18-8-3-2-4-9-18)20-13-7-11-17-10-5-6-12-19(17)20;1-15-11-16(12-7-3-2-4-8-12)14-10-6-5-9-13(14)15;1-2-7-12-10(5-1)9-13(15-12)11-6-3-4-8-14-11;12-8-4-5-9(10(13)7-8)11-3-1-2-6-14-11;1-12-6-7-13(8-12)10-4-2-9(11)3-5-10;8-6(9)5-3-1-2-4-7-5;1-2-4-6-5-3-1;1-4(6)3-5(2)7;1-2-4-5-3-1;;;;;;;/h2-12,14-15H,1H3;2-7,9-11H,1H3;1-8H;1-4,6-7H;2-4,6-8H,1H3;1-4H,(H,8,9);1-5H;3,6H,1-2H3;1-3H;2*1H4;;;;;/q-1;-2;2*-1;-2;;;;-1;;;;;;;+3/i2D,3D,4D,8D,9D;;;;;;;;;;;;;;;. The number of carboxylic acid groups (broad SMARTS) is 1. The van der Waals surface area contributed by atoms with Crippen molar-refractivity contribution in [2.75, 3.05) is 28.8 Å². The van der Waals surface area contributed by atoms with Gasteiger partial charge in [0.1, 0.15) is 5.69 Å². The fourth-order valence-corrected chi connectivity index (χ4v) is 10.8. The number of ketones is 1. The summed E-state index contributed by atoms with van der Waals surface area (Å²) in [4.78, 5) is 49.5. The van der Waals surface area contributed by atoms with Crippen molar-refractivity contribution < 1.29 is 140 Å². The van der Waals surface area contributed by atoms with Crippen molar-refractivity contribution in [1.29, 1.82) is 0 Å². The molecule has 0 atom stereocenters. The molecule has 7 aromatic heterocycles. The molecule has 115 heavy (non-hydrogen) atoms. The first-order chi connectivity index (χ1) is 54.6. The Kier molecular flexibility index (Phi) is 43.4. The minimum absolute atomic E-state index is 0. The molecule has 9 heterocycles. The molecule has 0 saturated carbocycles. The number of halogens is 3. The third-order valence-electron chi connectivity index (χ3n) is 14.7. The van der Waals surface area contributed by atoms with E-state index in [2.05, 4.69) is 137 Å². The number of aliphatic hydroxyl groups excluding tert-OH is 1. The van der Waals surface area contributed by atoms with Gasteiger partial charge in [-0.1, -0.05) is 159 Å². The number of anilines is 4. The predicted molar refractivity (Wildman–Crippen MR) is 438 cm³/mol. The normalized spacial score (nSPS) is 11.3. The molecule has 600 valence electrons. The van der Waals surface area contributed by atoms with Crippen molar-refractivity contribution in [3.63, 3.8) is 0 Å². The van der Waals surface area contributed by atoms with Crippen molar-refractivity contribution in [3.8, 4) is 44.2 Å². The molecule has 2 aliphatic heterocycles. The average Bonchev–Trinajstić information content (AvgIpc) is 1.68. The summed E-state index contributed by atoms with van der Waals surface area (Å²) < 4.78 is 79.5. The maximum atomic E-state index is 13.2. The quantitative estimate of drug-likeness (QED) is 0.0833. The molecule has 0 spiro atoms. The number of nitrogens with zero attached hydrogens (tertiary/aromatic N) is 11. The Morgan fingerprint density at radius 1 is 0.583 bits per heavy atom. The van der Waals surface area contributed by atoms with Gasteiger partial charge in [0.15, 0.2) is 5.78 Å². The van der Waals surface area contributed by atoms with Crippen LogP contribution in [0.4, 0.5) is 35.9 Å². The van der Waals surface area contributed by atoms with E-state index in [1.54, 1.807) is 91.0 Å². The molecule has 15 nitrogen and oxygen atoms in total. The Labute approximate surface area is 750 Å². The topological polar surface area (TPSA) is 179 Å². The fraction of sp³-hybridized carbons (Fsp3) is 0.0769. The van der Waals surface area contributed by atoms with Gasteiger partial charge >= 0.3 is 26.1 Å². The number of thiophene rings is 1. The van der Waals surface area contributed by atoms with Crippen LogP contribution in [-0.2, 0) is 105 Å². The second-order valence-electron chi connectivity index (χ2n) is 22.7. The molecule has 0 saturated heterocycles. The van der Waals surface area contributed by atoms with Crippen LogP contribution in [0.15, 0.2) is 328 Å². The number of hydrogen-bond acceptors (Lipinski definition) is 14. The van der Waals surface area contributed by atoms with Crippen molar-refractivity contribution in [2.45, 2.75) is 35.6 Å². The fourth-order valence-electron chi connectivity index (χ4n) is 9.82.